The van der Waals surface area contributed by atoms with Gasteiger partial charge in [0.25, 0.3) is 0 Å². The summed E-state index contributed by atoms with van der Waals surface area (Å²) in [7, 11) is 3.25. The van der Waals surface area contributed by atoms with E-state index in [1.807, 2.05) is 6.92 Å². The summed E-state index contributed by atoms with van der Waals surface area (Å²) in [6.07, 6.45) is 1.47. The first-order valence-electron chi connectivity index (χ1n) is 4.38. The van der Waals surface area contributed by atoms with Gasteiger partial charge in [0, 0.05) is 13.7 Å². The van der Waals surface area contributed by atoms with Crippen molar-refractivity contribution in [2.24, 2.45) is 0 Å². The molecule has 0 radical (unpaired) electrons. The van der Waals surface area contributed by atoms with E-state index in [1.165, 1.54) is 6.33 Å². The Bertz CT molecular complexity index is 291. The van der Waals surface area contributed by atoms with Gasteiger partial charge in [-0.3, -0.25) is 0 Å². The van der Waals surface area contributed by atoms with Crippen LogP contribution in [-0.4, -0.2) is 37.3 Å². The molecular formula is C9H15N3O2. The number of anilines is 1. The van der Waals surface area contributed by atoms with E-state index in [-0.39, 0.29) is 0 Å². The summed E-state index contributed by atoms with van der Waals surface area (Å²) < 4.78 is 9.99. The molecule has 0 spiro atoms. The van der Waals surface area contributed by atoms with Gasteiger partial charge in [0.05, 0.1) is 19.3 Å². The molecule has 78 valence electrons. The predicted molar refractivity (Wildman–Crippen MR) is 53.7 cm³/mol. The minimum absolute atomic E-state index is 0.597. The van der Waals surface area contributed by atoms with Gasteiger partial charge in [0.1, 0.15) is 12.1 Å². The molecule has 1 rings (SSSR count). The SMILES string of the molecule is COCCNc1ncnc(OC)c1C. The van der Waals surface area contributed by atoms with Gasteiger partial charge in [-0.2, -0.15) is 0 Å². The summed E-state index contributed by atoms with van der Waals surface area (Å²) in [5.74, 6) is 1.38. The first-order chi connectivity index (χ1) is 6.79. The first kappa shape index (κ1) is 10.7. The van der Waals surface area contributed by atoms with E-state index in [4.69, 9.17) is 9.47 Å². The number of methoxy groups -OCH3 is 2. The number of rotatable bonds is 5. The molecule has 5 heteroatoms. The van der Waals surface area contributed by atoms with E-state index in [0.29, 0.717) is 12.5 Å². The summed E-state index contributed by atoms with van der Waals surface area (Å²) >= 11 is 0. The van der Waals surface area contributed by atoms with Crippen LogP contribution in [0.25, 0.3) is 0 Å². The Kier molecular flexibility index (Phi) is 4.12. The van der Waals surface area contributed by atoms with Crippen molar-refractivity contribution in [3.63, 3.8) is 0 Å². The van der Waals surface area contributed by atoms with Crippen molar-refractivity contribution < 1.29 is 9.47 Å². The topological polar surface area (TPSA) is 56.3 Å². The molecule has 0 bridgehead atoms. The maximum Gasteiger partial charge on any atom is 0.221 e. The molecule has 0 amide bonds. The Hall–Kier alpha value is -1.36. The number of hydrogen-bond acceptors (Lipinski definition) is 5. The van der Waals surface area contributed by atoms with Crippen LogP contribution in [0.4, 0.5) is 5.82 Å². The fourth-order valence-electron chi connectivity index (χ4n) is 1.09. The van der Waals surface area contributed by atoms with Gasteiger partial charge in [-0.1, -0.05) is 0 Å². The molecule has 1 aromatic heterocycles. The fraction of sp³-hybridized carbons (Fsp3) is 0.556. The molecule has 0 saturated carbocycles. The van der Waals surface area contributed by atoms with Crippen LogP contribution < -0.4 is 10.1 Å². The first-order valence-corrected chi connectivity index (χ1v) is 4.38. The molecule has 1 N–H and O–H groups in total. The molecule has 1 aromatic rings. The normalized spacial score (nSPS) is 9.93. The summed E-state index contributed by atoms with van der Waals surface area (Å²) in [5.41, 5.74) is 0.908. The van der Waals surface area contributed by atoms with E-state index in [0.717, 1.165) is 17.9 Å². The zero-order valence-electron chi connectivity index (χ0n) is 8.70. The Morgan fingerprint density at radius 2 is 2.14 bits per heavy atom. The van der Waals surface area contributed by atoms with Gasteiger partial charge in [0.2, 0.25) is 5.88 Å². The Morgan fingerprint density at radius 3 is 2.79 bits per heavy atom. The monoisotopic (exact) mass is 197 g/mol. The molecule has 0 aliphatic carbocycles. The zero-order valence-corrected chi connectivity index (χ0v) is 8.70. The minimum Gasteiger partial charge on any atom is -0.481 e. The largest absolute Gasteiger partial charge is 0.481 e. The van der Waals surface area contributed by atoms with Crippen LogP contribution in [0.1, 0.15) is 5.56 Å². The number of nitrogens with zero attached hydrogens (tertiary/aromatic N) is 2. The molecule has 0 fully saturated rings. The van der Waals surface area contributed by atoms with Crippen LogP contribution in [0.2, 0.25) is 0 Å². The molecule has 0 saturated heterocycles. The highest BCUT2D eigenvalue weighted by Crippen LogP contribution is 2.19. The fourth-order valence-corrected chi connectivity index (χ4v) is 1.09. The van der Waals surface area contributed by atoms with Crippen LogP contribution in [0, 0.1) is 6.92 Å². The third-order valence-electron chi connectivity index (χ3n) is 1.83. The summed E-state index contributed by atoms with van der Waals surface area (Å²) in [5, 5.41) is 3.13. The van der Waals surface area contributed by atoms with E-state index in [2.05, 4.69) is 15.3 Å². The van der Waals surface area contributed by atoms with Crippen LogP contribution >= 0.6 is 0 Å². The molecule has 0 aliphatic heterocycles. The van der Waals surface area contributed by atoms with E-state index in [9.17, 15) is 0 Å². The average Bonchev–Trinajstić information content (AvgIpc) is 2.21. The third kappa shape index (κ3) is 2.56. The van der Waals surface area contributed by atoms with Gasteiger partial charge in [-0.15, -0.1) is 0 Å². The van der Waals surface area contributed by atoms with E-state index in [1.54, 1.807) is 14.2 Å². The number of hydrogen-bond donors (Lipinski definition) is 1. The Labute approximate surface area is 83.5 Å². The van der Waals surface area contributed by atoms with Crippen LogP contribution in [0.15, 0.2) is 6.33 Å². The van der Waals surface area contributed by atoms with Gasteiger partial charge in [-0.25, -0.2) is 9.97 Å². The van der Waals surface area contributed by atoms with E-state index >= 15 is 0 Å². The summed E-state index contributed by atoms with van der Waals surface area (Å²) in [6.45, 7) is 3.28. The van der Waals surface area contributed by atoms with Gasteiger partial charge in [0.15, 0.2) is 0 Å². The number of ether oxygens (including phenoxy) is 2. The lowest BCUT2D eigenvalue weighted by Crippen LogP contribution is -2.10. The van der Waals surface area contributed by atoms with Gasteiger partial charge in [-0.05, 0) is 6.92 Å². The number of aromatic nitrogens is 2. The Balaban J connectivity index is 2.66. The highest BCUT2D eigenvalue weighted by atomic mass is 16.5. The Morgan fingerprint density at radius 1 is 1.36 bits per heavy atom. The molecule has 0 aromatic carbocycles. The highest BCUT2D eigenvalue weighted by molar-refractivity contribution is 5.47. The van der Waals surface area contributed by atoms with Crippen LogP contribution in [0.5, 0.6) is 5.88 Å². The van der Waals surface area contributed by atoms with Crippen molar-refractivity contribution >= 4 is 5.82 Å². The second kappa shape index (κ2) is 5.39. The summed E-state index contributed by atoms with van der Waals surface area (Å²) in [4.78, 5) is 8.08. The van der Waals surface area contributed by atoms with Crippen LogP contribution in [-0.2, 0) is 4.74 Å². The third-order valence-corrected chi connectivity index (χ3v) is 1.83. The second-order valence-corrected chi connectivity index (χ2v) is 2.78. The molecule has 1 heterocycles. The molecule has 0 atom stereocenters. The van der Waals surface area contributed by atoms with Crippen molar-refractivity contribution in [2.45, 2.75) is 6.92 Å². The van der Waals surface area contributed by atoms with Crippen LogP contribution in [0.3, 0.4) is 0 Å². The lowest BCUT2D eigenvalue weighted by atomic mass is 10.3. The lowest BCUT2D eigenvalue weighted by Gasteiger charge is -2.09. The molecule has 14 heavy (non-hydrogen) atoms. The van der Waals surface area contributed by atoms with E-state index < -0.39 is 0 Å². The van der Waals surface area contributed by atoms with Crippen molar-refractivity contribution in [3.05, 3.63) is 11.9 Å². The quantitative estimate of drug-likeness (QED) is 0.709. The second-order valence-electron chi connectivity index (χ2n) is 2.78. The maximum absolute atomic E-state index is 5.07. The molecule has 0 unspecified atom stereocenters. The lowest BCUT2D eigenvalue weighted by molar-refractivity contribution is 0.210. The molecule has 0 aliphatic rings. The zero-order chi connectivity index (χ0) is 10.4. The minimum atomic E-state index is 0.597. The standard InChI is InChI=1S/C9H15N3O2/c1-7-8(10-4-5-13-2)11-6-12-9(7)14-3/h6H,4-5H2,1-3H3,(H,10,11,12). The van der Waals surface area contributed by atoms with Crippen molar-refractivity contribution in [1.29, 1.82) is 0 Å². The predicted octanol–water partition coefficient (Wildman–Crippen LogP) is 0.852. The van der Waals surface area contributed by atoms with Crippen molar-refractivity contribution in [3.8, 4) is 5.88 Å². The molecular weight excluding hydrogens is 182 g/mol. The average molecular weight is 197 g/mol. The maximum atomic E-state index is 5.07. The number of nitrogens with one attached hydrogen (secondary N) is 1. The van der Waals surface area contributed by atoms with Gasteiger partial charge >= 0.3 is 0 Å². The highest BCUT2D eigenvalue weighted by Gasteiger charge is 2.05. The van der Waals surface area contributed by atoms with Gasteiger partial charge < -0.3 is 14.8 Å². The smallest absolute Gasteiger partial charge is 0.221 e. The van der Waals surface area contributed by atoms with Crippen molar-refractivity contribution in [1.82, 2.24) is 9.97 Å². The summed E-state index contributed by atoms with van der Waals surface area (Å²) in [6, 6.07) is 0. The molecule has 5 nitrogen and oxygen atoms in total. The van der Waals surface area contributed by atoms with Crippen molar-refractivity contribution in [2.75, 3.05) is 32.7 Å².